The lowest BCUT2D eigenvalue weighted by atomic mass is 10.1. The van der Waals surface area contributed by atoms with Gasteiger partial charge in [0.2, 0.25) is 0 Å². The van der Waals surface area contributed by atoms with Crippen molar-refractivity contribution < 1.29 is 14.3 Å². The third-order valence-corrected chi connectivity index (χ3v) is 4.08. The summed E-state index contributed by atoms with van der Waals surface area (Å²) in [4.78, 5) is 12.7. The molecule has 8 nitrogen and oxygen atoms in total. The van der Waals surface area contributed by atoms with Crippen LogP contribution >= 0.6 is 0 Å². The van der Waals surface area contributed by atoms with Gasteiger partial charge >= 0.3 is 0 Å². The number of tetrazole rings is 1. The highest BCUT2D eigenvalue weighted by atomic mass is 16.5. The predicted octanol–water partition coefficient (Wildman–Crippen LogP) is 2.55. The number of nitrogens with one attached hydrogen (secondary N) is 1. The summed E-state index contributed by atoms with van der Waals surface area (Å²) in [6, 6.07) is 8.90. The van der Waals surface area contributed by atoms with Gasteiger partial charge in [0, 0.05) is 16.8 Å². The van der Waals surface area contributed by atoms with Crippen LogP contribution in [0.5, 0.6) is 11.5 Å². The molecule has 0 unspecified atom stereocenters. The van der Waals surface area contributed by atoms with Crippen molar-refractivity contribution in [1.29, 1.82) is 0 Å². The van der Waals surface area contributed by atoms with E-state index in [2.05, 4.69) is 20.8 Å². The van der Waals surface area contributed by atoms with Crippen LogP contribution in [-0.4, -0.2) is 40.3 Å². The molecule has 3 rings (SSSR count). The van der Waals surface area contributed by atoms with E-state index in [4.69, 9.17) is 9.47 Å². The Morgan fingerprint density at radius 1 is 1.08 bits per heavy atom. The third kappa shape index (κ3) is 3.34. The number of carbonyl (C=O) groups excluding carboxylic acids is 1. The number of rotatable bonds is 5. The van der Waals surface area contributed by atoms with Crippen LogP contribution in [0.4, 0.5) is 5.69 Å². The summed E-state index contributed by atoms with van der Waals surface area (Å²) in [6.45, 7) is 3.82. The fourth-order valence-electron chi connectivity index (χ4n) is 2.63. The molecular formula is C18H19N5O3. The van der Waals surface area contributed by atoms with Gasteiger partial charge in [-0.3, -0.25) is 4.79 Å². The first-order valence-corrected chi connectivity index (χ1v) is 7.91. The van der Waals surface area contributed by atoms with E-state index in [0.717, 1.165) is 16.8 Å². The number of aryl methyl sites for hydroxylation is 1. The Balaban J connectivity index is 1.90. The Bertz CT molecular complexity index is 913. The highest BCUT2D eigenvalue weighted by Crippen LogP contribution is 2.30. The zero-order valence-corrected chi connectivity index (χ0v) is 15.0. The summed E-state index contributed by atoms with van der Waals surface area (Å²) >= 11 is 0. The zero-order valence-electron chi connectivity index (χ0n) is 15.0. The lowest BCUT2D eigenvalue weighted by Crippen LogP contribution is -2.13. The fraction of sp³-hybridized carbons (Fsp3) is 0.222. The number of carbonyl (C=O) groups is 1. The lowest BCUT2D eigenvalue weighted by Gasteiger charge is -2.13. The van der Waals surface area contributed by atoms with Gasteiger partial charge in [-0.1, -0.05) is 6.07 Å². The molecule has 0 radical (unpaired) electrons. The Labute approximate surface area is 150 Å². The van der Waals surface area contributed by atoms with Gasteiger partial charge in [-0.25, -0.2) is 4.68 Å². The molecule has 0 spiro atoms. The quantitative estimate of drug-likeness (QED) is 0.758. The monoisotopic (exact) mass is 353 g/mol. The first-order chi connectivity index (χ1) is 12.5. The number of nitrogens with zero attached hydrogens (tertiary/aromatic N) is 4. The summed E-state index contributed by atoms with van der Waals surface area (Å²) in [7, 11) is 3.11. The topological polar surface area (TPSA) is 91.2 Å². The lowest BCUT2D eigenvalue weighted by molar-refractivity contribution is 0.102. The van der Waals surface area contributed by atoms with E-state index in [0.29, 0.717) is 22.7 Å². The number of aromatic nitrogens is 4. The van der Waals surface area contributed by atoms with Crippen LogP contribution < -0.4 is 14.8 Å². The molecule has 0 aliphatic rings. The highest BCUT2D eigenvalue weighted by Gasteiger charge is 2.14. The number of amides is 1. The molecule has 3 aromatic rings. The van der Waals surface area contributed by atoms with Crippen LogP contribution in [0.1, 0.15) is 21.5 Å². The second-order valence-electron chi connectivity index (χ2n) is 5.72. The molecule has 1 N–H and O–H groups in total. The molecule has 1 heterocycles. The molecule has 0 aliphatic carbocycles. The minimum absolute atomic E-state index is 0.270. The number of hydrogen-bond acceptors (Lipinski definition) is 6. The maximum absolute atomic E-state index is 12.7. The molecule has 0 bridgehead atoms. The molecule has 2 aromatic carbocycles. The van der Waals surface area contributed by atoms with Gasteiger partial charge in [-0.2, -0.15) is 0 Å². The van der Waals surface area contributed by atoms with Crippen molar-refractivity contribution in [2.24, 2.45) is 0 Å². The molecule has 0 aliphatic heterocycles. The molecule has 26 heavy (non-hydrogen) atoms. The second kappa shape index (κ2) is 7.22. The van der Waals surface area contributed by atoms with Gasteiger partial charge in [-0.15, -0.1) is 5.10 Å². The Morgan fingerprint density at radius 3 is 2.35 bits per heavy atom. The Morgan fingerprint density at radius 2 is 1.77 bits per heavy atom. The van der Waals surface area contributed by atoms with E-state index >= 15 is 0 Å². The molecule has 1 aromatic heterocycles. The van der Waals surface area contributed by atoms with Crippen molar-refractivity contribution in [2.75, 3.05) is 19.5 Å². The standard InChI is InChI=1S/C18H19N5O3/c1-11-5-6-14(9-15(11)23-10-19-21-22-23)20-18(24)13-7-16(25-3)12(2)17(8-13)26-4/h5-10H,1-4H3,(H,20,24). The minimum Gasteiger partial charge on any atom is -0.496 e. The molecule has 0 fully saturated rings. The van der Waals surface area contributed by atoms with Gasteiger partial charge in [0.25, 0.3) is 5.91 Å². The highest BCUT2D eigenvalue weighted by molar-refractivity contribution is 6.05. The molecular weight excluding hydrogens is 334 g/mol. The smallest absolute Gasteiger partial charge is 0.255 e. The van der Waals surface area contributed by atoms with Crippen LogP contribution in [0.25, 0.3) is 5.69 Å². The number of hydrogen-bond donors (Lipinski definition) is 1. The first-order valence-electron chi connectivity index (χ1n) is 7.91. The van der Waals surface area contributed by atoms with Crippen molar-refractivity contribution in [3.05, 3.63) is 53.3 Å². The molecule has 0 saturated carbocycles. The van der Waals surface area contributed by atoms with Crippen molar-refractivity contribution in [3.8, 4) is 17.2 Å². The second-order valence-corrected chi connectivity index (χ2v) is 5.72. The molecule has 0 saturated heterocycles. The number of ether oxygens (including phenoxy) is 2. The van der Waals surface area contributed by atoms with Crippen LogP contribution in [-0.2, 0) is 0 Å². The van der Waals surface area contributed by atoms with E-state index in [1.807, 2.05) is 32.0 Å². The van der Waals surface area contributed by atoms with E-state index in [1.54, 1.807) is 31.0 Å². The zero-order chi connectivity index (χ0) is 18.7. The Kier molecular flexibility index (Phi) is 4.83. The molecule has 134 valence electrons. The van der Waals surface area contributed by atoms with Gasteiger partial charge in [0.15, 0.2) is 0 Å². The van der Waals surface area contributed by atoms with Crippen LogP contribution in [0.15, 0.2) is 36.7 Å². The first kappa shape index (κ1) is 17.4. The van der Waals surface area contributed by atoms with Crippen molar-refractivity contribution in [2.45, 2.75) is 13.8 Å². The maximum atomic E-state index is 12.7. The van der Waals surface area contributed by atoms with E-state index in [9.17, 15) is 4.79 Å². The SMILES string of the molecule is COc1cc(C(=O)Nc2ccc(C)c(-n3cnnn3)c2)cc(OC)c1C. The van der Waals surface area contributed by atoms with Crippen molar-refractivity contribution >= 4 is 11.6 Å². The largest absolute Gasteiger partial charge is 0.496 e. The van der Waals surface area contributed by atoms with E-state index < -0.39 is 0 Å². The molecule has 8 heteroatoms. The van der Waals surface area contributed by atoms with Gasteiger partial charge in [-0.05, 0) is 54.1 Å². The summed E-state index contributed by atoms with van der Waals surface area (Å²) < 4.78 is 12.2. The van der Waals surface area contributed by atoms with Crippen molar-refractivity contribution in [3.63, 3.8) is 0 Å². The van der Waals surface area contributed by atoms with Crippen LogP contribution in [0.2, 0.25) is 0 Å². The van der Waals surface area contributed by atoms with Crippen molar-refractivity contribution in [1.82, 2.24) is 20.2 Å². The number of benzene rings is 2. The maximum Gasteiger partial charge on any atom is 0.255 e. The van der Waals surface area contributed by atoms with Crippen LogP contribution in [0.3, 0.4) is 0 Å². The van der Waals surface area contributed by atoms with E-state index in [1.165, 1.54) is 6.33 Å². The van der Waals surface area contributed by atoms with Gasteiger partial charge < -0.3 is 14.8 Å². The third-order valence-electron chi connectivity index (χ3n) is 4.08. The van der Waals surface area contributed by atoms with Gasteiger partial charge in [0.05, 0.1) is 19.9 Å². The summed E-state index contributed by atoms with van der Waals surface area (Å²) in [5.41, 5.74) is 3.67. The predicted molar refractivity (Wildman–Crippen MR) is 96.1 cm³/mol. The summed E-state index contributed by atoms with van der Waals surface area (Å²) in [5, 5.41) is 14.1. The minimum atomic E-state index is -0.270. The molecule has 1 amide bonds. The Hall–Kier alpha value is -3.42. The average Bonchev–Trinajstić information content (AvgIpc) is 3.17. The van der Waals surface area contributed by atoms with E-state index in [-0.39, 0.29) is 5.91 Å². The number of methoxy groups -OCH3 is 2. The summed E-state index contributed by atoms with van der Waals surface area (Å²) in [5.74, 6) is 0.911. The number of anilines is 1. The van der Waals surface area contributed by atoms with Crippen LogP contribution in [0, 0.1) is 13.8 Å². The van der Waals surface area contributed by atoms with Gasteiger partial charge in [0.1, 0.15) is 17.8 Å². The fourth-order valence-corrected chi connectivity index (χ4v) is 2.63. The normalized spacial score (nSPS) is 10.5. The summed E-state index contributed by atoms with van der Waals surface area (Å²) in [6.07, 6.45) is 1.50. The average molecular weight is 353 g/mol. The molecule has 0 atom stereocenters.